The number of thiazole rings is 1. The Morgan fingerprint density at radius 3 is 2.46 bits per heavy atom. The van der Waals surface area contributed by atoms with Gasteiger partial charge in [0, 0.05) is 44.2 Å². The molecular weight excluding hydrogens is 492 g/mol. The third-order valence-electron chi connectivity index (χ3n) is 3.82. The maximum absolute atomic E-state index is 12.9. The monoisotopic (exact) mass is 519 g/mol. The summed E-state index contributed by atoms with van der Waals surface area (Å²) in [6.07, 6.45) is 4.03. The fraction of sp³-hybridized carbons (Fsp3) is 0.421. The smallest absolute Gasteiger partial charge is 0.224 e. The largest absolute Gasteiger partial charge is 0.356 e. The van der Waals surface area contributed by atoms with Crippen LogP contribution in [-0.4, -0.2) is 43.5 Å². The second kappa shape index (κ2) is 13.4. The first kappa shape index (κ1) is 24.3. The molecule has 0 aliphatic heterocycles. The van der Waals surface area contributed by atoms with E-state index in [9.17, 15) is 9.18 Å². The molecule has 6 nitrogen and oxygen atoms in total. The van der Waals surface area contributed by atoms with Gasteiger partial charge < -0.3 is 16.0 Å². The van der Waals surface area contributed by atoms with Crippen LogP contribution in [0.5, 0.6) is 0 Å². The highest BCUT2D eigenvalue weighted by atomic mass is 127. The van der Waals surface area contributed by atoms with Gasteiger partial charge in [0.25, 0.3) is 0 Å². The van der Waals surface area contributed by atoms with E-state index in [1.807, 2.05) is 6.20 Å². The minimum Gasteiger partial charge on any atom is -0.356 e. The summed E-state index contributed by atoms with van der Waals surface area (Å²) in [5.74, 6) is 0.291. The molecule has 0 bridgehead atoms. The van der Waals surface area contributed by atoms with E-state index in [1.54, 1.807) is 30.5 Å². The number of nitrogens with zero attached hydrogens (tertiary/aromatic N) is 2. The topological polar surface area (TPSA) is 78.4 Å². The fourth-order valence-electron chi connectivity index (χ4n) is 2.37. The number of carbonyl (C=O) groups is 1. The Balaban J connectivity index is 0.00000392. The zero-order valence-electron chi connectivity index (χ0n) is 16.1. The van der Waals surface area contributed by atoms with Crippen molar-refractivity contribution in [3.8, 4) is 0 Å². The molecule has 0 fully saturated rings. The molecule has 0 aliphatic carbocycles. The van der Waals surface area contributed by atoms with Gasteiger partial charge in [-0.1, -0.05) is 19.1 Å². The molecule has 9 heteroatoms. The van der Waals surface area contributed by atoms with Crippen molar-refractivity contribution in [1.29, 1.82) is 0 Å². The van der Waals surface area contributed by atoms with Gasteiger partial charge in [-0.25, -0.2) is 9.37 Å². The van der Waals surface area contributed by atoms with Crippen LogP contribution in [0.15, 0.2) is 35.5 Å². The van der Waals surface area contributed by atoms with Gasteiger partial charge in [0.2, 0.25) is 5.91 Å². The summed E-state index contributed by atoms with van der Waals surface area (Å²) < 4.78 is 12.9. The zero-order valence-corrected chi connectivity index (χ0v) is 19.3. The van der Waals surface area contributed by atoms with E-state index in [0.717, 1.165) is 30.0 Å². The van der Waals surface area contributed by atoms with Crippen molar-refractivity contribution in [2.24, 2.45) is 4.99 Å². The first-order chi connectivity index (χ1) is 13.1. The number of amides is 1. The number of benzene rings is 1. The molecule has 1 amide bonds. The van der Waals surface area contributed by atoms with Gasteiger partial charge >= 0.3 is 0 Å². The molecule has 2 aromatic rings. The molecule has 1 heterocycles. The predicted molar refractivity (Wildman–Crippen MR) is 123 cm³/mol. The number of aliphatic imine (C=N–C) groups is 1. The van der Waals surface area contributed by atoms with Gasteiger partial charge in [-0.05, 0) is 24.1 Å². The van der Waals surface area contributed by atoms with E-state index in [-0.39, 0.29) is 42.1 Å². The van der Waals surface area contributed by atoms with Crippen LogP contribution in [-0.2, 0) is 24.1 Å². The van der Waals surface area contributed by atoms with Crippen LogP contribution in [0, 0.1) is 5.82 Å². The highest BCUT2D eigenvalue weighted by Crippen LogP contribution is 2.13. The average molecular weight is 519 g/mol. The lowest BCUT2D eigenvalue weighted by Crippen LogP contribution is -2.42. The van der Waals surface area contributed by atoms with Gasteiger partial charge in [-0.15, -0.1) is 35.3 Å². The molecular formula is C19H27FIN5OS. The van der Waals surface area contributed by atoms with Gasteiger partial charge in [0.1, 0.15) is 5.82 Å². The van der Waals surface area contributed by atoms with Crippen molar-refractivity contribution in [1.82, 2.24) is 20.9 Å². The van der Waals surface area contributed by atoms with Crippen molar-refractivity contribution in [3.05, 3.63) is 51.7 Å². The minimum absolute atomic E-state index is 0. The van der Waals surface area contributed by atoms with E-state index < -0.39 is 0 Å². The molecule has 0 aliphatic rings. The van der Waals surface area contributed by atoms with Crippen LogP contribution >= 0.6 is 35.3 Å². The molecule has 0 radical (unpaired) electrons. The normalized spacial score (nSPS) is 10.9. The summed E-state index contributed by atoms with van der Waals surface area (Å²) in [5, 5.41) is 10.3. The van der Waals surface area contributed by atoms with Crippen molar-refractivity contribution in [2.45, 2.75) is 26.2 Å². The van der Waals surface area contributed by atoms with Crippen molar-refractivity contribution in [2.75, 3.05) is 26.7 Å². The number of aryl methyl sites for hydroxylation is 1. The molecule has 3 N–H and O–H groups in total. The lowest BCUT2D eigenvalue weighted by Gasteiger charge is -2.12. The predicted octanol–water partition coefficient (Wildman–Crippen LogP) is 2.53. The maximum Gasteiger partial charge on any atom is 0.224 e. The summed E-state index contributed by atoms with van der Waals surface area (Å²) in [6, 6.07) is 5.94. The number of hydrogen-bond donors (Lipinski definition) is 3. The summed E-state index contributed by atoms with van der Waals surface area (Å²) in [5.41, 5.74) is 0.785. The van der Waals surface area contributed by atoms with Gasteiger partial charge in [0.15, 0.2) is 5.96 Å². The molecule has 0 unspecified atom stereocenters. The number of halogens is 2. The maximum atomic E-state index is 12.9. The quantitative estimate of drug-likeness (QED) is 0.206. The Labute approximate surface area is 186 Å². The van der Waals surface area contributed by atoms with Crippen molar-refractivity contribution < 1.29 is 9.18 Å². The van der Waals surface area contributed by atoms with Crippen LogP contribution in [0.25, 0.3) is 0 Å². The number of nitrogens with one attached hydrogen (secondary N) is 3. The number of hydrogen-bond acceptors (Lipinski definition) is 4. The molecule has 2 rings (SSSR count). The number of guanidine groups is 1. The second-order valence-electron chi connectivity index (χ2n) is 5.90. The van der Waals surface area contributed by atoms with Crippen LogP contribution in [0.3, 0.4) is 0 Å². The lowest BCUT2D eigenvalue weighted by molar-refractivity contribution is -0.120. The summed E-state index contributed by atoms with van der Waals surface area (Å²) >= 11 is 1.74. The Kier molecular flexibility index (Phi) is 11.7. The van der Waals surface area contributed by atoms with Gasteiger partial charge in [0.05, 0.1) is 11.4 Å². The van der Waals surface area contributed by atoms with Gasteiger partial charge in [-0.3, -0.25) is 9.79 Å². The van der Waals surface area contributed by atoms with Crippen LogP contribution in [0.1, 0.15) is 22.4 Å². The molecule has 0 spiro atoms. The molecule has 0 atom stereocenters. The SMILES string of the molecule is CCc1cnc(CCNC(=NC)NCCNC(=O)Cc2ccc(F)cc2)s1.I. The highest BCUT2D eigenvalue weighted by Gasteiger charge is 2.04. The first-order valence-corrected chi connectivity index (χ1v) is 9.81. The summed E-state index contributed by atoms with van der Waals surface area (Å²) in [7, 11) is 1.71. The third-order valence-corrected chi connectivity index (χ3v) is 5.02. The van der Waals surface area contributed by atoms with E-state index in [2.05, 4.69) is 32.9 Å². The van der Waals surface area contributed by atoms with Gasteiger partial charge in [-0.2, -0.15) is 0 Å². The molecule has 1 aromatic heterocycles. The first-order valence-electron chi connectivity index (χ1n) is 9.00. The Morgan fingerprint density at radius 1 is 1.14 bits per heavy atom. The van der Waals surface area contributed by atoms with Crippen LogP contribution < -0.4 is 16.0 Å². The number of carbonyl (C=O) groups excluding carboxylic acids is 1. The number of aromatic nitrogens is 1. The van der Waals surface area contributed by atoms with Crippen molar-refractivity contribution in [3.63, 3.8) is 0 Å². The summed E-state index contributed by atoms with van der Waals surface area (Å²) in [6.45, 7) is 3.91. The Bertz CT molecular complexity index is 751. The van der Waals surface area contributed by atoms with E-state index in [4.69, 9.17) is 0 Å². The second-order valence-corrected chi connectivity index (χ2v) is 7.10. The molecule has 0 saturated carbocycles. The van der Waals surface area contributed by atoms with E-state index in [1.165, 1.54) is 17.0 Å². The number of rotatable bonds is 9. The molecule has 154 valence electrons. The van der Waals surface area contributed by atoms with Crippen LogP contribution in [0.2, 0.25) is 0 Å². The fourth-order valence-corrected chi connectivity index (χ4v) is 3.23. The summed E-state index contributed by atoms with van der Waals surface area (Å²) in [4.78, 5) is 21.7. The minimum atomic E-state index is -0.303. The molecule has 28 heavy (non-hydrogen) atoms. The lowest BCUT2D eigenvalue weighted by atomic mass is 10.1. The standard InChI is InChI=1S/C19H26FN5OS.HI/c1-3-16-13-25-18(27-16)8-9-23-19(21-2)24-11-10-22-17(26)12-14-4-6-15(20)7-5-14;/h4-7,13H,3,8-12H2,1-2H3,(H,22,26)(H2,21,23,24);1H. The van der Waals surface area contributed by atoms with E-state index in [0.29, 0.717) is 19.0 Å². The highest BCUT2D eigenvalue weighted by molar-refractivity contribution is 14.0. The Hall–Kier alpha value is -1.75. The van der Waals surface area contributed by atoms with Crippen LogP contribution in [0.4, 0.5) is 4.39 Å². The third kappa shape index (κ3) is 8.96. The zero-order chi connectivity index (χ0) is 19.5. The molecule has 0 saturated heterocycles. The van der Waals surface area contributed by atoms with Crippen molar-refractivity contribution >= 4 is 47.2 Å². The average Bonchev–Trinajstić information content (AvgIpc) is 3.13. The Morgan fingerprint density at radius 2 is 1.82 bits per heavy atom. The van der Waals surface area contributed by atoms with E-state index >= 15 is 0 Å². The molecule has 1 aromatic carbocycles.